The number of pyridine rings is 1. The molecule has 0 spiro atoms. The molecule has 7 heteroatoms. The van der Waals surface area contributed by atoms with Crippen molar-refractivity contribution in [1.82, 2.24) is 9.99 Å². The molecule has 2 aromatic carbocycles. The molecule has 0 aliphatic rings. The Balaban J connectivity index is 1.75. The molecule has 0 saturated heterocycles. The number of amides is 1. The fourth-order valence-electron chi connectivity index (χ4n) is 2.78. The molecule has 1 N–H and O–H groups in total. The van der Waals surface area contributed by atoms with Crippen molar-refractivity contribution >= 4 is 12.1 Å². The Morgan fingerprint density at radius 2 is 1.86 bits per heavy atom. The number of ether oxygens (including phenoxy) is 2. The van der Waals surface area contributed by atoms with Gasteiger partial charge in [-0.05, 0) is 35.9 Å². The zero-order valence-corrected chi connectivity index (χ0v) is 16.2. The first-order chi connectivity index (χ1) is 14.1. The van der Waals surface area contributed by atoms with Crippen molar-refractivity contribution in [3.8, 4) is 11.5 Å². The number of carbonyl (C=O) groups excluding carboxylic acids is 1. The van der Waals surface area contributed by atoms with E-state index in [0.717, 1.165) is 5.56 Å². The van der Waals surface area contributed by atoms with Crippen LogP contribution in [0.2, 0.25) is 0 Å². The van der Waals surface area contributed by atoms with E-state index in [1.165, 1.54) is 24.0 Å². The summed E-state index contributed by atoms with van der Waals surface area (Å²) < 4.78 is 11.9. The van der Waals surface area contributed by atoms with E-state index in [9.17, 15) is 9.59 Å². The largest absolute Gasteiger partial charge is 0.497 e. The highest BCUT2D eigenvalue weighted by Gasteiger charge is 2.12. The van der Waals surface area contributed by atoms with Crippen molar-refractivity contribution < 1.29 is 14.3 Å². The number of nitrogens with zero attached hydrogens (tertiary/aromatic N) is 2. The van der Waals surface area contributed by atoms with Crippen molar-refractivity contribution in [3.05, 3.63) is 93.9 Å². The first-order valence-electron chi connectivity index (χ1n) is 8.91. The van der Waals surface area contributed by atoms with Crippen molar-refractivity contribution in [2.75, 3.05) is 14.2 Å². The van der Waals surface area contributed by atoms with Crippen LogP contribution in [-0.4, -0.2) is 30.9 Å². The number of hydrazone groups is 1. The fraction of sp³-hybridized carbons (Fsp3) is 0.136. The second-order valence-corrected chi connectivity index (χ2v) is 6.15. The molecule has 1 amide bonds. The molecular weight excluding hydrogens is 370 g/mol. The Kier molecular flexibility index (Phi) is 6.42. The summed E-state index contributed by atoms with van der Waals surface area (Å²) in [6, 6.07) is 17.9. The van der Waals surface area contributed by atoms with Gasteiger partial charge < -0.3 is 14.0 Å². The predicted octanol–water partition coefficient (Wildman–Crippen LogP) is 2.68. The summed E-state index contributed by atoms with van der Waals surface area (Å²) in [6.07, 6.45) is 3.08. The number of aromatic nitrogens is 1. The van der Waals surface area contributed by atoms with Crippen LogP contribution in [0.15, 0.2) is 76.8 Å². The minimum atomic E-state index is -0.587. The van der Waals surface area contributed by atoms with Gasteiger partial charge in [-0.1, -0.05) is 30.3 Å². The van der Waals surface area contributed by atoms with Crippen molar-refractivity contribution in [1.29, 1.82) is 0 Å². The second-order valence-electron chi connectivity index (χ2n) is 6.15. The van der Waals surface area contributed by atoms with Crippen LogP contribution >= 0.6 is 0 Å². The molecule has 0 atom stereocenters. The van der Waals surface area contributed by atoms with E-state index in [4.69, 9.17) is 9.47 Å². The molecule has 0 aliphatic carbocycles. The maximum absolute atomic E-state index is 12.6. The predicted molar refractivity (Wildman–Crippen MR) is 111 cm³/mol. The van der Waals surface area contributed by atoms with E-state index in [1.807, 2.05) is 30.3 Å². The van der Waals surface area contributed by atoms with Gasteiger partial charge >= 0.3 is 0 Å². The lowest BCUT2D eigenvalue weighted by molar-refractivity contribution is 0.0953. The fourth-order valence-corrected chi connectivity index (χ4v) is 2.78. The molecule has 0 bridgehead atoms. The van der Waals surface area contributed by atoms with E-state index >= 15 is 0 Å². The average Bonchev–Trinajstić information content (AvgIpc) is 2.75. The van der Waals surface area contributed by atoms with Gasteiger partial charge in [0, 0.05) is 11.8 Å². The van der Waals surface area contributed by atoms with Gasteiger partial charge in [-0.2, -0.15) is 5.10 Å². The average molecular weight is 391 g/mol. The smallest absolute Gasteiger partial charge is 0.276 e. The quantitative estimate of drug-likeness (QED) is 0.496. The third-order valence-corrected chi connectivity index (χ3v) is 4.27. The Labute approximate surface area is 168 Å². The molecule has 1 heterocycles. The Morgan fingerprint density at radius 3 is 2.59 bits per heavy atom. The van der Waals surface area contributed by atoms with Gasteiger partial charge in [0.2, 0.25) is 0 Å². The molecule has 29 heavy (non-hydrogen) atoms. The van der Waals surface area contributed by atoms with Gasteiger partial charge in [0.1, 0.15) is 17.1 Å². The lowest BCUT2D eigenvalue weighted by Gasteiger charge is -2.08. The topological polar surface area (TPSA) is 81.9 Å². The molecule has 0 fully saturated rings. The Hall–Kier alpha value is -3.87. The van der Waals surface area contributed by atoms with Gasteiger partial charge in [-0.15, -0.1) is 0 Å². The summed E-state index contributed by atoms with van der Waals surface area (Å²) in [5.41, 5.74) is 3.61. The summed E-state index contributed by atoms with van der Waals surface area (Å²) in [5, 5.41) is 3.95. The number of benzene rings is 2. The molecule has 3 rings (SSSR count). The standard InChI is InChI=1S/C22H21N3O4/c1-28-18-10-11-20(29-2)17(13-18)14-23-24-21(26)19-9-6-12-25(22(19)27)15-16-7-4-3-5-8-16/h3-14H,15H2,1-2H3,(H,24,26)/b23-14-. The lowest BCUT2D eigenvalue weighted by Crippen LogP contribution is -2.30. The third kappa shape index (κ3) is 4.90. The molecule has 0 unspecified atom stereocenters. The maximum Gasteiger partial charge on any atom is 0.276 e. The number of nitrogens with one attached hydrogen (secondary N) is 1. The highest BCUT2D eigenvalue weighted by molar-refractivity contribution is 5.94. The van der Waals surface area contributed by atoms with Crippen LogP contribution in [0.1, 0.15) is 21.5 Å². The van der Waals surface area contributed by atoms with Crippen molar-refractivity contribution in [3.63, 3.8) is 0 Å². The molecule has 0 aliphatic heterocycles. The van der Waals surface area contributed by atoms with Crippen LogP contribution < -0.4 is 20.5 Å². The van der Waals surface area contributed by atoms with Crippen LogP contribution in [0, 0.1) is 0 Å². The Bertz CT molecular complexity index is 1070. The third-order valence-electron chi connectivity index (χ3n) is 4.27. The maximum atomic E-state index is 12.6. The molecule has 0 radical (unpaired) electrons. The summed E-state index contributed by atoms with van der Waals surface area (Å²) >= 11 is 0. The van der Waals surface area contributed by atoms with Gasteiger partial charge in [0.15, 0.2) is 0 Å². The van der Waals surface area contributed by atoms with Crippen molar-refractivity contribution in [2.45, 2.75) is 6.54 Å². The number of hydrogen-bond acceptors (Lipinski definition) is 5. The second kappa shape index (κ2) is 9.36. The summed E-state index contributed by atoms with van der Waals surface area (Å²) in [5.74, 6) is 0.620. The van der Waals surface area contributed by atoms with Crippen LogP contribution in [0.3, 0.4) is 0 Å². The normalized spacial score (nSPS) is 10.7. The van der Waals surface area contributed by atoms with E-state index in [-0.39, 0.29) is 11.1 Å². The SMILES string of the molecule is COc1ccc(OC)c(/C=N\NC(=O)c2cccn(Cc3ccccc3)c2=O)c1. The van der Waals surface area contributed by atoms with Gasteiger partial charge in [0.05, 0.1) is 27.0 Å². The van der Waals surface area contributed by atoms with E-state index < -0.39 is 5.91 Å². The number of hydrogen-bond donors (Lipinski definition) is 1. The first kappa shape index (κ1) is 19.9. The highest BCUT2D eigenvalue weighted by Crippen LogP contribution is 2.22. The minimum Gasteiger partial charge on any atom is -0.497 e. The summed E-state index contributed by atoms with van der Waals surface area (Å²) in [6.45, 7) is 0.380. The molecule has 3 aromatic rings. The highest BCUT2D eigenvalue weighted by atomic mass is 16.5. The Morgan fingerprint density at radius 1 is 1.07 bits per heavy atom. The minimum absolute atomic E-state index is 0.0122. The van der Waals surface area contributed by atoms with Crippen molar-refractivity contribution in [2.24, 2.45) is 5.10 Å². The van der Waals surface area contributed by atoms with Gasteiger partial charge in [0.25, 0.3) is 11.5 Å². The van der Waals surface area contributed by atoms with Crippen LogP contribution in [0.25, 0.3) is 0 Å². The molecule has 148 valence electrons. The summed E-state index contributed by atoms with van der Waals surface area (Å²) in [4.78, 5) is 25.1. The van der Waals surface area contributed by atoms with E-state index in [0.29, 0.717) is 23.6 Å². The molecular formula is C22H21N3O4. The number of carbonyl (C=O) groups is 1. The van der Waals surface area contributed by atoms with Crippen LogP contribution in [0.4, 0.5) is 0 Å². The monoisotopic (exact) mass is 391 g/mol. The first-order valence-corrected chi connectivity index (χ1v) is 8.91. The van der Waals surface area contributed by atoms with Crippen LogP contribution in [-0.2, 0) is 6.54 Å². The summed E-state index contributed by atoms with van der Waals surface area (Å²) in [7, 11) is 3.09. The van der Waals surface area contributed by atoms with Crippen LogP contribution in [0.5, 0.6) is 11.5 Å². The molecule has 7 nitrogen and oxygen atoms in total. The lowest BCUT2D eigenvalue weighted by atomic mass is 10.2. The molecule has 0 saturated carbocycles. The van der Waals surface area contributed by atoms with E-state index in [1.54, 1.807) is 37.6 Å². The van der Waals surface area contributed by atoms with E-state index in [2.05, 4.69) is 10.5 Å². The van der Waals surface area contributed by atoms with Gasteiger partial charge in [-0.25, -0.2) is 5.43 Å². The number of rotatable bonds is 7. The van der Waals surface area contributed by atoms with Gasteiger partial charge in [-0.3, -0.25) is 9.59 Å². The zero-order valence-electron chi connectivity index (χ0n) is 16.2. The zero-order chi connectivity index (χ0) is 20.6. The number of methoxy groups -OCH3 is 2. The molecule has 1 aromatic heterocycles.